The topological polar surface area (TPSA) is 87.1 Å². The zero-order chi connectivity index (χ0) is 15.5. The molecule has 2 N–H and O–H groups in total. The Labute approximate surface area is 123 Å². The molecule has 0 spiro atoms. The summed E-state index contributed by atoms with van der Waals surface area (Å²) in [5.74, 6) is -3.65. The molecule has 1 aromatic carbocycles. The summed E-state index contributed by atoms with van der Waals surface area (Å²) in [5.41, 5.74) is 1.27. The van der Waals surface area contributed by atoms with E-state index in [2.05, 4.69) is 41.3 Å². The zero-order valence-electron chi connectivity index (χ0n) is 11.6. The minimum Gasteiger partial charge on any atom is -0.473 e. The number of carbonyl (C=O) groups is 2. The van der Waals surface area contributed by atoms with Gasteiger partial charge in [0.05, 0.1) is 13.2 Å². The molecule has 0 unspecified atom stereocenters. The van der Waals surface area contributed by atoms with Gasteiger partial charge in [0, 0.05) is 19.6 Å². The Kier molecular flexibility index (Phi) is 7.78. The predicted octanol–water partition coefficient (Wildman–Crippen LogP) is 1.19. The highest BCUT2D eigenvalue weighted by Crippen LogP contribution is 2.02. The summed E-state index contributed by atoms with van der Waals surface area (Å²) >= 11 is 0. The van der Waals surface area contributed by atoms with Crippen molar-refractivity contribution in [2.75, 3.05) is 32.8 Å². The quantitative estimate of drug-likeness (QED) is 0.814. The van der Waals surface area contributed by atoms with Crippen LogP contribution in [-0.2, 0) is 14.3 Å². The highest BCUT2D eigenvalue weighted by Gasteiger charge is 2.07. The maximum atomic E-state index is 9.10. The van der Waals surface area contributed by atoms with Crippen molar-refractivity contribution in [3.8, 4) is 0 Å². The molecule has 114 valence electrons. The van der Waals surface area contributed by atoms with Crippen LogP contribution >= 0.6 is 0 Å². The second-order valence-electron chi connectivity index (χ2n) is 4.34. The van der Waals surface area contributed by atoms with Crippen LogP contribution in [-0.4, -0.2) is 59.9 Å². The molecule has 0 bridgehead atoms. The van der Waals surface area contributed by atoms with Crippen LogP contribution in [0.2, 0.25) is 0 Å². The maximum absolute atomic E-state index is 9.10. The Morgan fingerprint density at radius 3 is 2.19 bits per heavy atom. The summed E-state index contributed by atoms with van der Waals surface area (Å²) in [7, 11) is 0. The molecular formula is C15H19NO5. The number of carboxylic acids is 2. The second kappa shape index (κ2) is 9.68. The van der Waals surface area contributed by atoms with Crippen molar-refractivity contribution >= 4 is 18.0 Å². The number of nitrogens with zero attached hydrogens (tertiary/aromatic N) is 1. The van der Waals surface area contributed by atoms with E-state index in [1.165, 1.54) is 5.56 Å². The van der Waals surface area contributed by atoms with E-state index in [0.29, 0.717) is 0 Å². The van der Waals surface area contributed by atoms with Gasteiger partial charge in [-0.2, -0.15) is 0 Å². The number of aliphatic carboxylic acids is 2. The lowest BCUT2D eigenvalue weighted by Gasteiger charge is -2.25. The zero-order valence-corrected chi connectivity index (χ0v) is 11.6. The van der Waals surface area contributed by atoms with Gasteiger partial charge in [0.1, 0.15) is 0 Å². The Balaban J connectivity index is 0.000000315. The third kappa shape index (κ3) is 7.86. The lowest BCUT2D eigenvalue weighted by atomic mass is 10.2. The molecule has 0 aromatic heterocycles. The van der Waals surface area contributed by atoms with E-state index in [1.807, 2.05) is 6.07 Å². The van der Waals surface area contributed by atoms with Crippen molar-refractivity contribution < 1.29 is 24.5 Å². The van der Waals surface area contributed by atoms with E-state index in [1.54, 1.807) is 0 Å². The van der Waals surface area contributed by atoms with Crippen LogP contribution in [0.25, 0.3) is 6.08 Å². The summed E-state index contributed by atoms with van der Waals surface area (Å²) < 4.78 is 5.30. The molecule has 0 amide bonds. The van der Waals surface area contributed by atoms with Crippen LogP contribution in [0.1, 0.15) is 5.56 Å². The molecule has 1 aliphatic rings. The number of morpholine rings is 1. The molecule has 0 aliphatic carbocycles. The third-order valence-corrected chi connectivity index (χ3v) is 2.76. The summed E-state index contributed by atoms with van der Waals surface area (Å²) in [4.78, 5) is 20.6. The van der Waals surface area contributed by atoms with Crippen molar-refractivity contribution in [3.05, 3.63) is 42.0 Å². The largest absolute Gasteiger partial charge is 0.473 e. The first-order valence-corrected chi connectivity index (χ1v) is 6.57. The number of rotatable bonds is 3. The minimum absolute atomic E-state index is 0.874. The number of ether oxygens (including phenoxy) is 1. The molecule has 6 heteroatoms. The van der Waals surface area contributed by atoms with Gasteiger partial charge < -0.3 is 14.9 Å². The van der Waals surface area contributed by atoms with Gasteiger partial charge in [0.25, 0.3) is 0 Å². The summed E-state index contributed by atoms with van der Waals surface area (Å²) in [5, 5.41) is 14.8. The van der Waals surface area contributed by atoms with E-state index in [-0.39, 0.29) is 0 Å². The van der Waals surface area contributed by atoms with Gasteiger partial charge in [-0.25, -0.2) is 9.59 Å². The van der Waals surface area contributed by atoms with Crippen molar-refractivity contribution in [3.63, 3.8) is 0 Å². The van der Waals surface area contributed by atoms with E-state index in [0.717, 1.165) is 32.8 Å². The number of benzene rings is 1. The van der Waals surface area contributed by atoms with E-state index in [9.17, 15) is 0 Å². The molecule has 1 fully saturated rings. The van der Waals surface area contributed by atoms with Crippen LogP contribution in [0, 0.1) is 0 Å². The molecule has 0 saturated carbocycles. The van der Waals surface area contributed by atoms with Gasteiger partial charge in [-0.1, -0.05) is 42.5 Å². The fourth-order valence-corrected chi connectivity index (χ4v) is 1.69. The molecule has 1 heterocycles. The van der Waals surface area contributed by atoms with E-state index >= 15 is 0 Å². The van der Waals surface area contributed by atoms with Gasteiger partial charge in [0.2, 0.25) is 0 Å². The lowest BCUT2D eigenvalue weighted by Crippen LogP contribution is -2.36. The fraction of sp³-hybridized carbons (Fsp3) is 0.333. The van der Waals surface area contributed by atoms with Gasteiger partial charge >= 0.3 is 11.9 Å². The lowest BCUT2D eigenvalue weighted by molar-refractivity contribution is -0.159. The highest BCUT2D eigenvalue weighted by molar-refractivity contribution is 6.27. The molecular weight excluding hydrogens is 274 g/mol. The third-order valence-electron chi connectivity index (χ3n) is 2.76. The normalized spacial score (nSPS) is 15.2. The molecule has 6 nitrogen and oxygen atoms in total. The Morgan fingerprint density at radius 2 is 1.67 bits per heavy atom. The Bertz CT molecular complexity index is 454. The second-order valence-corrected chi connectivity index (χ2v) is 4.34. The molecule has 1 aliphatic heterocycles. The van der Waals surface area contributed by atoms with Gasteiger partial charge in [-0.3, -0.25) is 4.90 Å². The van der Waals surface area contributed by atoms with E-state index < -0.39 is 11.9 Å². The van der Waals surface area contributed by atoms with Crippen LogP contribution in [0.15, 0.2) is 36.4 Å². The Morgan fingerprint density at radius 1 is 1.10 bits per heavy atom. The first-order chi connectivity index (χ1) is 10.1. The van der Waals surface area contributed by atoms with Gasteiger partial charge in [-0.05, 0) is 5.56 Å². The smallest absolute Gasteiger partial charge is 0.414 e. The average Bonchev–Trinajstić information content (AvgIpc) is 2.50. The van der Waals surface area contributed by atoms with Gasteiger partial charge in [0.15, 0.2) is 0 Å². The van der Waals surface area contributed by atoms with Crippen molar-refractivity contribution in [1.82, 2.24) is 4.90 Å². The Hall–Kier alpha value is -2.18. The molecule has 1 aromatic rings. The van der Waals surface area contributed by atoms with Crippen molar-refractivity contribution in [1.29, 1.82) is 0 Å². The first kappa shape index (κ1) is 16.9. The first-order valence-electron chi connectivity index (χ1n) is 6.57. The fourth-order valence-electron chi connectivity index (χ4n) is 1.69. The minimum atomic E-state index is -1.82. The number of hydrogen-bond donors (Lipinski definition) is 2. The summed E-state index contributed by atoms with van der Waals surface area (Å²) in [6, 6.07) is 10.4. The maximum Gasteiger partial charge on any atom is 0.414 e. The van der Waals surface area contributed by atoms with Crippen LogP contribution in [0.5, 0.6) is 0 Å². The standard InChI is InChI=1S/C13H17NO.C2H2O4/c1-2-5-13(6-3-1)7-4-8-14-9-11-15-12-10-14;3-1(4)2(5)6/h1-7H,8-12H2;(H,3,4)(H,5,6). The SMILES string of the molecule is C(=Cc1ccccc1)CN1CCOCC1.O=C(O)C(=O)O. The number of carboxylic acid groups (broad SMARTS) is 2. The number of hydrogen-bond acceptors (Lipinski definition) is 4. The molecule has 1 saturated heterocycles. The van der Waals surface area contributed by atoms with Crippen molar-refractivity contribution in [2.24, 2.45) is 0 Å². The summed E-state index contributed by atoms with van der Waals surface area (Å²) in [6.07, 6.45) is 4.40. The predicted molar refractivity (Wildman–Crippen MR) is 78.0 cm³/mol. The molecule has 0 radical (unpaired) electrons. The molecule has 0 atom stereocenters. The van der Waals surface area contributed by atoms with E-state index in [4.69, 9.17) is 24.5 Å². The average molecular weight is 293 g/mol. The van der Waals surface area contributed by atoms with Crippen LogP contribution in [0.4, 0.5) is 0 Å². The molecule has 21 heavy (non-hydrogen) atoms. The highest BCUT2D eigenvalue weighted by atomic mass is 16.5. The van der Waals surface area contributed by atoms with Gasteiger partial charge in [-0.15, -0.1) is 0 Å². The van der Waals surface area contributed by atoms with Crippen LogP contribution in [0.3, 0.4) is 0 Å². The van der Waals surface area contributed by atoms with Crippen molar-refractivity contribution in [2.45, 2.75) is 0 Å². The monoisotopic (exact) mass is 293 g/mol. The molecule has 2 rings (SSSR count). The summed E-state index contributed by atoms with van der Waals surface area (Å²) in [6.45, 7) is 4.88. The van der Waals surface area contributed by atoms with Crippen LogP contribution < -0.4 is 0 Å².